The van der Waals surface area contributed by atoms with Crippen LogP contribution in [-0.2, 0) is 0 Å². The van der Waals surface area contributed by atoms with E-state index in [0.717, 1.165) is 0 Å². The summed E-state index contributed by atoms with van der Waals surface area (Å²) in [5.41, 5.74) is 1.29. The Labute approximate surface area is 122 Å². The molecule has 0 N–H and O–H groups in total. The Morgan fingerprint density at radius 1 is 1.14 bits per heavy atom. The molecule has 102 valence electrons. The van der Waals surface area contributed by atoms with Gasteiger partial charge in [0.2, 0.25) is 10.8 Å². The predicted octanol–water partition coefficient (Wildman–Crippen LogP) is 2.45. The Bertz CT molecular complexity index is 917. The Balaban J connectivity index is 1.87. The number of halogens is 1. The maximum absolute atomic E-state index is 13.3. The molecule has 1 aromatic carbocycles. The van der Waals surface area contributed by atoms with Crippen LogP contribution in [0.25, 0.3) is 27.1 Å². The maximum Gasteiger partial charge on any atom is 0.235 e. The molecule has 0 aliphatic heterocycles. The zero-order chi connectivity index (χ0) is 14.2. The zero-order valence-corrected chi connectivity index (χ0v) is 11.3. The summed E-state index contributed by atoms with van der Waals surface area (Å²) in [4.78, 5) is 8.81. The molecule has 0 fully saturated rings. The first kappa shape index (κ1) is 12.0. The highest BCUT2D eigenvalue weighted by Crippen LogP contribution is 2.27. The van der Waals surface area contributed by atoms with Crippen molar-refractivity contribution in [3.05, 3.63) is 48.7 Å². The van der Waals surface area contributed by atoms with Gasteiger partial charge in [-0.05, 0) is 12.1 Å². The molecule has 0 saturated heterocycles. The van der Waals surface area contributed by atoms with E-state index in [-0.39, 0.29) is 5.82 Å². The van der Waals surface area contributed by atoms with Crippen LogP contribution in [0.4, 0.5) is 4.39 Å². The summed E-state index contributed by atoms with van der Waals surface area (Å²) in [6, 6.07) is 6.29. The van der Waals surface area contributed by atoms with Gasteiger partial charge in [0.25, 0.3) is 0 Å². The summed E-state index contributed by atoms with van der Waals surface area (Å²) in [5, 5.41) is 13.2. The van der Waals surface area contributed by atoms with Gasteiger partial charge >= 0.3 is 0 Å². The van der Waals surface area contributed by atoms with Crippen LogP contribution in [0.1, 0.15) is 0 Å². The van der Waals surface area contributed by atoms with Gasteiger partial charge in [0, 0.05) is 18.0 Å². The Kier molecular flexibility index (Phi) is 2.68. The highest BCUT2D eigenvalue weighted by Gasteiger charge is 2.15. The van der Waals surface area contributed by atoms with Gasteiger partial charge in [-0.25, -0.2) is 9.37 Å². The van der Waals surface area contributed by atoms with E-state index in [2.05, 4.69) is 25.3 Å². The lowest BCUT2D eigenvalue weighted by Crippen LogP contribution is -1.93. The smallest absolute Gasteiger partial charge is 0.235 e. The second-order valence-corrected chi connectivity index (χ2v) is 5.18. The van der Waals surface area contributed by atoms with Crippen molar-refractivity contribution in [2.24, 2.45) is 0 Å². The van der Waals surface area contributed by atoms with Crippen LogP contribution in [0, 0.1) is 5.82 Å². The quantitative estimate of drug-likeness (QED) is 0.568. The molecule has 0 atom stereocenters. The molecule has 6 nitrogen and oxygen atoms in total. The molecule has 4 aromatic rings. The maximum atomic E-state index is 13.3. The van der Waals surface area contributed by atoms with Gasteiger partial charge < -0.3 is 0 Å². The Morgan fingerprint density at radius 2 is 2.10 bits per heavy atom. The molecule has 3 heterocycles. The number of rotatable bonds is 2. The fourth-order valence-electron chi connectivity index (χ4n) is 1.93. The van der Waals surface area contributed by atoms with Crippen molar-refractivity contribution in [2.45, 2.75) is 0 Å². The van der Waals surface area contributed by atoms with Crippen LogP contribution in [-0.4, -0.2) is 29.8 Å². The second-order valence-electron chi connectivity index (χ2n) is 4.23. The minimum absolute atomic E-state index is 0.299. The second kappa shape index (κ2) is 4.67. The van der Waals surface area contributed by atoms with Crippen LogP contribution in [0.2, 0.25) is 0 Å². The number of nitrogens with zero attached hydrogens (tertiary/aromatic N) is 6. The van der Waals surface area contributed by atoms with Gasteiger partial charge in [0.15, 0.2) is 0 Å². The van der Waals surface area contributed by atoms with E-state index in [4.69, 9.17) is 0 Å². The summed E-state index contributed by atoms with van der Waals surface area (Å²) in [6.45, 7) is 0. The van der Waals surface area contributed by atoms with E-state index in [9.17, 15) is 4.39 Å². The van der Waals surface area contributed by atoms with E-state index >= 15 is 0 Å². The monoisotopic (exact) mass is 298 g/mol. The number of aromatic nitrogens is 6. The van der Waals surface area contributed by atoms with Gasteiger partial charge in [-0.15, -0.1) is 10.2 Å². The fraction of sp³-hybridized carbons (Fsp3) is 0. The normalized spacial score (nSPS) is 11.1. The lowest BCUT2D eigenvalue weighted by atomic mass is 10.2. The highest BCUT2D eigenvalue weighted by molar-refractivity contribution is 7.19. The van der Waals surface area contributed by atoms with Gasteiger partial charge in [-0.3, -0.25) is 4.98 Å². The summed E-state index contributed by atoms with van der Waals surface area (Å²) in [5.74, 6) is 0.213. The van der Waals surface area contributed by atoms with Gasteiger partial charge in [-0.2, -0.15) is 9.61 Å². The van der Waals surface area contributed by atoms with E-state index < -0.39 is 0 Å². The van der Waals surface area contributed by atoms with Crippen molar-refractivity contribution in [2.75, 3.05) is 0 Å². The third-order valence-electron chi connectivity index (χ3n) is 2.85. The predicted molar refractivity (Wildman–Crippen MR) is 75.1 cm³/mol. The van der Waals surface area contributed by atoms with Gasteiger partial charge in [0.05, 0.1) is 6.20 Å². The zero-order valence-electron chi connectivity index (χ0n) is 10.5. The Hall–Kier alpha value is -2.74. The van der Waals surface area contributed by atoms with Crippen molar-refractivity contribution in [1.29, 1.82) is 0 Å². The molecule has 0 amide bonds. The topological polar surface area (TPSA) is 68.9 Å². The first-order valence-electron chi connectivity index (χ1n) is 6.06. The molecular formula is C13H7FN6S. The summed E-state index contributed by atoms with van der Waals surface area (Å²) in [7, 11) is 0. The number of hydrogen-bond acceptors (Lipinski definition) is 6. The van der Waals surface area contributed by atoms with Crippen molar-refractivity contribution in [1.82, 2.24) is 29.8 Å². The number of fused-ring (bicyclic) bond motifs is 1. The first-order chi connectivity index (χ1) is 10.3. The fourth-order valence-corrected chi connectivity index (χ4v) is 2.77. The summed E-state index contributed by atoms with van der Waals surface area (Å²) in [6.07, 6.45) is 4.76. The molecule has 0 aliphatic carbocycles. The van der Waals surface area contributed by atoms with Crippen molar-refractivity contribution < 1.29 is 4.39 Å². The lowest BCUT2D eigenvalue weighted by molar-refractivity contribution is 0.628. The van der Waals surface area contributed by atoms with E-state index in [1.165, 1.54) is 23.5 Å². The lowest BCUT2D eigenvalue weighted by Gasteiger charge is -1.95. The van der Waals surface area contributed by atoms with Gasteiger partial charge in [0.1, 0.15) is 16.5 Å². The van der Waals surface area contributed by atoms with Crippen molar-refractivity contribution >= 4 is 16.3 Å². The molecule has 8 heteroatoms. The van der Waals surface area contributed by atoms with E-state index in [0.29, 0.717) is 27.1 Å². The standard InChI is InChI=1S/C13H7FN6S/c14-9-3-1-2-8(6-9)12-19-20-11(17-18-13(20)21-12)10-7-15-4-5-16-10/h1-7H. The molecule has 21 heavy (non-hydrogen) atoms. The molecule has 0 unspecified atom stereocenters. The van der Waals surface area contributed by atoms with Crippen molar-refractivity contribution in [3.63, 3.8) is 0 Å². The molecule has 0 spiro atoms. The first-order valence-corrected chi connectivity index (χ1v) is 6.87. The molecule has 4 rings (SSSR count). The highest BCUT2D eigenvalue weighted by atomic mass is 32.1. The summed E-state index contributed by atoms with van der Waals surface area (Å²) >= 11 is 1.34. The number of benzene rings is 1. The van der Waals surface area contributed by atoms with E-state index in [1.807, 2.05) is 0 Å². The van der Waals surface area contributed by atoms with Crippen LogP contribution in [0.5, 0.6) is 0 Å². The van der Waals surface area contributed by atoms with Gasteiger partial charge in [-0.1, -0.05) is 23.5 Å². The average molecular weight is 298 g/mol. The van der Waals surface area contributed by atoms with E-state index in [1.54, 1.807) is 35.2 Å². The van der Waals surface area contributed by atoms with Crippen LogP contribution in [0.15, 0.2) is 42.9 Å². The third kappa shape index (κ3) is 2.05. The minimum atomic E-state index is -0.299. The molecular weight excluding hydrogens is 291 g/mol. The minimum Gasteiger partial charge on any atom is -0.261 e. The molecule has 3 aromatic heterocycles. The molecule has 0 saturated carbocycles. The Morgan fingerprint density at radius 3 is 2.90 bits per heavy atom. The number of hydrogen-bond donors (Lipinski definition) is 0. The van der Waals surface area contributed by atoms with Crippen LogP contribution in [0.3, 0.4) is 0 Å². The largest absolute Gasteiger partial charge is 0.261 e. The van der Waals surface area contributed by atoms with Crippen LogP contribution < -0.4 is 0 Å². The average Bonchev–Trinajstić information content (AvgIpc) is 3.08. The molecule has 0 aliphatic rings. The third-order valence-corrected chi connectivity index (χ3v) is 3.80. The molecule has 0 radical (unpaired) electrons. The SMILES string of the molecule is Fc1cccc(-c2nn3c(-c4cnccn4)nnc3s2)c1. The summed E-state index contributed by atoms with van der Waals surface area (Å²) < 4.78 is 14.9. The van der Waals surface area contributed by atoms with Crippen LogP contribution >= 0.6 is 11.3 Å². The molecule has 0 bridgehead atoms. The van der Waals surface area contributed by atoms with Crippen molar-refractivity contribution in [3.8, 4) is 22.1 Å².